The zero-order valence-corrected chi connectivity index (χ0v) is 16.0. The molecule has 0 aliphatic carbocycles. The maximum Gasteiger partial charge on any atom is 0.164 e. The number of piperidine rings is 1. The highest BCUT2D eigenvalue weighted by Gasteiger charge is 2.30. The van der Waals surface area contributed by atoms with Gasteiger partial charge in [0.2, 0.25) is 0 Å². The first-order valence-electron chi connectivity index (χ1n) is 9.18. The summed E-state index contributed by atoms with van der Waals surface area (Å²) in [5.74, 6) is 0.210. The highest BCUT2D eigenvalue weighted by atomic mass is 35.5. The van der Waals surface area contributed by atoms with Crippen molar-refractivity contribution in [3.05, 3.63) is 71.8 Å². The second-order valence-corrected chi connectivity index (χ2v) is 7.06. The Hall–Kier alpha value is -1.68. The molecule has 3 atom stereocenters. The molecule has 2 aromatic rings. The van der Waals surface area contributed by atoms with Gasteiger partial charge in [0.1, 0.15) is 0 Å². The average molecular weight is 373 g/mol. The Morgan fingerprint density at radius 3 is 2.27 bits per heavy atom. The first kappa shape index (κ1) is 20.6. The molecule has 3 unspecified atom stereocenters. The van der Waals surface area contributed by atoms with Gasteiger partial charge in [-0.15, -0.1) is 0 Å². The second kappa shape index (κ2) is 9.86. The van der Waals surface area contributed by atoms with Crippen LogP contribution in [0.3, 0.4) is 0 Å². The van der Waals surface area contributed by atoms with Gasteiger partial charge in [0.25, 0.3) is 0 Å². The lowest BCUT2D eigenvalue weighted by Crippen LogP contribution is -3.00. The highest BCUT2D eigenvalue weighted by Crippen LogP contribution is 2.30. The molecule has 0 saturated carbocycles. The van der Waals surface area contributed by atoms with E-state index in [1.807, 2.05) is 60.7 Å². The third-order valence-corrected chi connectivity index (χ3v) is 5.42. The van der Waals surface area contributed by atoms with Gasteiger partial charge in [-0.2, -0.15) is 0 Å². The minimum atomic E-state index is -0.447. The predicted molar refractivity (Wildman–Crippen MR) is 101 cm³/mol. The Morgan fingerprint density at radius 2 is 1.62 bits per heavy atom. The first-order valence-corrected chi connectivity index (χ1v) is 9.18. The van der Waals surface area contributed by atoms with E-state index in [4.69, 9.17) is 0 Å². The molecule has 0 aromatic heterocycles. The number of carbonyl (C=O) groups is 1. The SMILES string of the molecule is CN1C(CC(=O)c2ccccc2)CCCC1CC(O)c1ccccc1.[Cl-]. The molecule has 4 heteroatoms. The second-order valence-electron chi connectivity index (χ2n) is 7.06. The number of halogens is 1. The maximum absolute atomic E-state index is 12.5. The Kier molecular flexibility index (Phi) is 7.83. The van der Waals surface area contributed by atoms with Crippen LogP contribution in [0.2, 0.25) is 0 Å². The van der Waals surface area contributed by atoms with Gasteiger partial charge in [-0.25, -0.2) is 0 Å². The molecule has 0 spiro atoms. The van der Waals surface area contributed by atoms with E-state index in [0.29, 0.717) is 12.5 Å². The minimum Gasteiger partial charge on any atom is -1.00 e. The van der Waals surface area contributed by atoms with Gasteiger partial charge in [-0.1, -0.05) is 67.1 Å². The van der Waals surface area contributed by atoms with Crippen molar-refractivity contribution in [2.75, 3.05) is 7.05 Å². The fourth-order valence-electron chi connectivity index (χ4n) is 3.85. The van der Waals surface area contributed by atoms with E-state index in [9.17, 15) is 9.90 Å². The molecule has 3 nitrogen and oxygen atoms in total. The molecule has 3 rings (SSSR count). The van der Waals surface area contributed by atoms with E-state index in [1.54, 1.807) is 0 Å². The van der Waals surface area contributed by atoms with E-state index in [0.717, 1.165) is 36.8 Å². The van der Waals surface area contributed by atoms with Gasteiger partial charge in [-0.3, -0.25) is 9.69 Å². The minimum absolute atomic E-state index is 0. The predicted octanol–water partition coefficient (Wildman–Crippen LogP) is 1.24. The zero-order chi connectivity index (χ0) is 17.6. The summed E-state index contributed by atoms with van der Waals surface area (Å²) in [5, 5.41) is 10.5. The molecule has 1 N–H and O–H groups in total. The number of hydrogen-bond acceptors (Lipinski definition) is 3. The number of benzene rings is 2. The normalized spacial score (nSPS) is 21.6. The van der Waals surface area contributed by atoms with Crippen LogP contribution >= 0.6 is 0 Å². The molecule has 1 aliphatic rings. The molecule has 140 valence electrons. The van der Waals surface area contributed by atoms with Gasteiger partial charge in [0.05, 0.1) is 6.10 Å². The maximum atomic E-state index is 12.5. The molecule has 0 bridgehead atoms. The number of ketones is 1. The smallest absolute Gasteiger partial charge is 0.164 e. The van der Waals surface area contributed by atoms with E-state index in [1.165, 1.54) is 0 Å². The van der Waals surface area contributed by atoms with Crippen LogP contribution in [0.5, 0.6) is 0 Å². The summed E-state index contributed by atoms with van der Waals surface area (Å²) in [6.07, 6.45) is 4.07. The molecule has 1 fully saturated rings. The summed E-state index contributed by atoms with van der Waals surface area (Å²) in [6.45, 7) is 0. The van der Waals surface area contributed by atoms with Crippen molar-refractivity contribution in [2.45, 2.75) is 50.3 Å². The van der Waals surface area contributed by atoms with E-state index < -0.39 is 6.10 Å². The highest BCUT2D eigenvalue weighted by molar-refractivity contribution is 5.96. The molecule has 1 saturated heterocycles. The first-order chi connectivity index (χ1) is 12.1. The number of nitrogens with zero attached hydrogens (tertiary/aromatic N) is 1. The average Bonchev–Trinajstić information content (AvgIpc) is 2.66. The Bertz CT molecular complexity index is 677. The lowest BCUT2D eigenvalue weighted by atomic mass is 9.88. The van der Waals surface area contributed by atoms with Crippen LogP contribution in [0.1, 0.15) is 54.1 Å². The van der Waals surface area contributed by atoms with Gasteiger partial charge in [0, 0.05) is 24.1 Å². The number of likely N-dealkylation sites (tertiary alicyclic amines) is 1. The van der Waals surface area contributed by atoms with Crippen LogP contribution in [-0.2, 0) is 0 Å². The van der Waals surface area contributed by atoms with E-state index in [2.05, 4.69) is 11.9 Å². The quantitative estimate of drug-likeness (QED) is 0.776. The van der Waals surface area contributed by atoms with Crippen molar-refractivity contribution < 1.29 is 22.3 Å². The molecule has 1 heterocycles. The van der Waals surface area contributed by atoms with Gasteiger partial charge in [0.15, 0.2) is 5.78 Å². The van der Waals surface area contributed by atoms with E-state index >= 15 is 0 Å². The van der Waals surface area contributed by atoms with Crippen molar-refractivity contribution in [2.24, 2.45) is 0 Å². The topological polar surface area (TPSA) is 40.5 Å². The standard InChI is InChI=1S/C22H27NO2.ClH/c1-23-19(15-21(24)17-9-4-2-5-10-17)13-8-14-20(23)16-22(25)18-11-6-3-7-12-18;/h2-7,9-12,19-21,24H,8,13-16H2,1H3;1H/p-1. The molecular formula is C22H27ClNO2-. The van der Waals surface area contributed by atoms with Gasteiger partial charge >= 0.3 is 0 Å². The lowest BCUT2D eigenvalue weighted by Gasteiger charge is -2.40. The number of aliphatic hydroxyl groups is 1. The van der Waals surface area contributed by atoms with Crippen molar-refractivity contribution in [1.82, 2.24) is 4.90 Å². The van der Waals surface area contributed by atoms with Crippen molar-refractivity contribution >= 4 is 5.78 Å². The summed E-state index contributed by atoms with van der Waals surface area (Å²) in [5.41, 5.74) is 1.76. The fraction of sp³-hybridized carbons (Fsp3) is 0.409. The molecular weight excluding hydrogens is 346 g/mol. The Balaban J connectivity index is 0.00000243. The van der Waals surface area contributed by atoms with E-state index in [-0.39, 0.29) is 24.2 Å². The van der Waals surface area contributed by atoms with Crippen LogP contribution in [-0.4, -0.2) is 34.9 Å². The Morgan fingerprint density at radius 1 is 1.04 bits per heavy atom. The number of rotatable bonds is 6. The largest absolute Gasteiger partial charge is 1.00 e. The molecule has 1 aliphatic heterocycles. The molecule has 0 radical (unpaired) electrons. The zero-order valence-electron chi connectivity index (χ0n) is 15.2. The lowest BCUT2D eigenvalue weighted by molar-refractivity contribution is -0.0000193. The molecule has 0 amide bonds. The summed E-state index contributed by atoms with van der Waals surface area (Å²) >= 11 is 0. The third-order valence-electron chi connectivity index (χ3n) is 5.42. The summed E-state index contributed by atoms with van der Waals surface area (Å²) < 4.78 is 0. The van der Waals surface area contributed by atoms with Crippen molar-refractivity contribution in [1.29, 1.82) is 0 Å². The monoisotopic (exact) mass is 372 g/mol. The number of aliphatic hydroxyl groups excluding tert-OH is 1. The Labute approximate surface area is 162 Å². The summed E-state index contributed by atoms with van der Waals surface area (Å²) in [7, 11) is 2.10. The third kappa shape index (κ3) is 5.16. The summed E-state index contributed by atoms with van der Waals surface area (Å²) in [6, 6.07) is 20.0. The van der Waals surface area contributed by atoms with Crippen LogP contribution < -0.4 is 12.4 Å². The van der Waals surface area contributed by atoms with Crippen LogP contribution in [0.25, 0.3) is 0 Å². The van der Waals surface area contributed by atoms with Crippen molar-refractivity contribution in [3.63, 3.8) is 0 Å². The van der Waals surface area contributed by atoms with Crippen LogP contribution in [0.4, 0.5) is 0 Å². The number of hydrogen-bond donors (Lipinski definition) is 1. The molecule has 26 heavy (non-hydrogen) atoms. The summed E-state index contributed by atoms with van der Waals surface area (Å²) in [4.78, 5) is 14.8. The number of Topliss-reactive ketones (excluding diaryl/α,β-unsaturated/α-hetero) is 1. The van der Waals surface area contributed by atoms with Crippen LogP contribution in [0.15, 0.2) is 60.7 Å². The van der Waals surface area contributed by atoms with Crippen molar-refractivity contribution in [3.8, 4) is 0 Å². The van der Waals surface area contributed by atoms with Crippen LogP contribution in [0, 0.1) is 0 Å². The fourth-order valence-corrected chi connectivity index (χ4v) is 3.85. The molecule has 2 aromatic carbocycles. The van der Waals surface area contributed by atoms with Gasteiger partial charge < -0.3 is 17.5 Å². The van der Waals surface area contributed by atoms with Gasteiger partial charge in [-0.05, 0) is 31.9 Å². The number of carbonyl (C=O) groups excluding carboxylic acids is 1.